The first kappa shape index (κ1) is 44.4. The Morgan fingerprint density at radius 2 is 1.19 bits per heavy atom. The Balaban J connectivity index is 0.000000424. The number of ether oxygens (including phenoxy) is 1. The number of benzene rings is 2. The van der Waals surface area contributed by atoms with E-state index in [4.69, 9.17) is 27.9 Å². The third kappa shape index (κ3) is 19.5. The molecule has 14 heteroatoms. The number of hydrogen-bond acceptors (Lipinski definition) is 5. The van der Waals surface area contributed by atoms with Crippen LogP contribution in [0.25, 0.3) is 22.8 Å². The van der Waals surface area contributed by atoms with E-state index in [2.05, 4.69) is 98.3 Å². The molecule has 0 aliphatic heterocycles. The van der Waals surface area contributed by atoms with Crippen molar-refractivity contribution in [3.05, 3.63) is 82.4 Å². The van der Waals surface area contributed by atoms with Crippen molar-refractivity contribution in [3.8, 4) is 22.8 Å². The summed E-state index contributed by atoms with van der Waals surface area (Å²) < 4.78 is 5.92. The van der Waals surface area contributed by atoms with Gasteiger partial charge >= 0.3 is 6.09 Å². The molecule has 4 N–H and O–H groups in total. The van der Waals surface area contributed by atoms with Crippen LogP contribution in [-0.2, 0) is 22.4 Å². The molecule has 48 heavy (non-hydrogen) atoms. The minimum Gasteiger partial charge on any atom is -0.444 e. The van der Waals surface area contributed by atoms with Crippen LogP contribution < -0.4 is 10.6 Å². The predicted molar refractivity (Wildman–Crippen MR) is 225 cm³/mol. The van der Waals surface area contributed by atoms with E-state index in [1.54, 1.807) is 12.4 Å². The van der Waals surface area contributed by atoms with Crippen molar-refractivity contribution in [3.63, 3.8) is 0 Å². The van der Waals surface area contributed by atoms with Gasteiger partial charge in [-0.25, -0.2) is 14.8 Å². The zero-order valence-corrected chi connectivity index (χ0v) is 35.0. The molecule has 2 aromatic carbocycles. The first-order chi connectivity index (χ1) is 22.1. The van der Waals surface area contributed by atoms with E-state index < -0.39 is 11.7 Å². The van der Waals surface area contributed by atoms with Gasteiger partial charge in [-0.15, -0.1) is 0 Å². The molecule has 0 saturated carbocycles. The summed E-state index contributed by atoms with van der Waals surface area (Å²) in [6.45, 7) is 10.7. The monoisotopic (exact) mass is 1040 g/mol. The van der Waals surface area contributed by atoms with Crippen LogP contribution in [-0.4, -0.2) is 50.6 Å². The highest BCUT2D eigenvalue weighted by molar-refractivity contribution is 14.3. The fourth-order valence-electron chi connectivity index (χ4n) is 3.87. The molecule has 2 aromatic heterocycles. The van der Waals surface area contributed by atoms with E-state index in [9.17, 15) is 9.59 Å². The molecule has 0 fully saturated rings. The highest BCUT2D eigenvalue weighted by Gasteiger charge is 2.15. The van der Waals surface area contributed by atoms with Crippen molar-refractivity contribution in [1.82, 2.24) is 30.6 Å². The second-order valence-electron chi connectivity index (χ2n) is 11.7. The van der Waals surface area contributed by atoms with Gasteiger partial charge in [-0.1, -0.05) is 112 Å². The molecule has 2 heterocycles. The summed E-state index contributed by atoms with van der Waals surface area (Å²) in [6, 6.07) is 15.0. The van der Waals surface area contributed by atoms with Crippen LogP contribution in [0, 0.1) is 5.92 Å². The van der Waals surface area contributed by atoms with Crippen molar-refractivity contribution >= 4 is 103 Å². The Hall–Kier alpha value is -1.63. The van der Waals surface area contributed by atoms with Gasteiger partial charge in [0.1, 0.15) is 17.2 Å². The normalized spacial score (nSPS) is 10.7. The lowest BCUT2D eigenvalue weighted by atomic mass is 10.1. The van der Waals surface area contributed by atoms with Crippen LogP contribution in [0.1, 0.15) is 59.9 Å². The summed E-state index contributed by atoms with van der Waals surface area (Å²) in [6.07, 6.45) is 5.12. The van der Waals surface area contributed by atoms with Crippen molar-refractivity contribution < 1.29 is 14.3 Å². The van der Waals surface area contributed by atoms with E-state index in [1.165, 1.54) is 0 Å². The molecule has 264 valence electrons. The Labute approximate surface area is 335 Å². The van der Waals surface area contributed by atoms with Gasteiger partial charge in [0.25, 0.3) is 0 Å². The molecule has 4 aromatic rings. The quantitative estimate of drug-likeness (QED) is 0.0930. The van der Waals surface area contributed by atoms with E-state index in [0.717, 1.165) is 40.5 Å². The molecule has 0 atom stereocenters. The molecule has 0 radical (unpaired) electrons. The maximum absolute atomic E-state index is 11.6. The fraction of sp³-hybridized carbons (Fsp3) is 0.412. The highest BCUT2D eigenvalue weighted by atomic mass is 127. The third-order valence-electron chi connectivity index (χ3n) is 5.86. The van der Waals surface area contributed by atoms with Gasteiger partial charge in [0.05, 0.1) is 0 Å². The van der Waals surface area contributed by atoms with Crippen LogP contribution in [0.2, 0.25) is 10.0 Å². The lowest BCUT2D eigenvalue weighted by molar-refractivity contribution is -0.121. The van der Waals surface area contributed by atoms with E-state index in [0.29, 0.717) is 41.9 Å². The lowest BCUT2D eigenvalue weighted by Crippen LogP contribution is -2.33. The van der Waals surface area contributed by atoms with Gasteiger partial charge in [0.15, 0.2) is 0 Å². The molecule has 2 amide bonds. The molecule has 0 saturated heterocycles. The molecule has 9 nitrogen and oxygen atoms in total. The molecular formula is C34H45Cl2I3N6O3. The highest BCUT2D eigenvalue weighted by Crippen LogP contribution is 2.20. The molecule has 0 aliphatic rings. The maximum Gasteiger partial charge on any atom is 0.407 e. The van der Waals surface area contributed by atoms with Crippen LogP contribution in [0.5, 0.6) is 0 Å². The minimum absolute atomic E-state index is 0. The van der Waals surface area contributed by atoms with Gasteiger partial charge < -0.3 is 25.3 Å². The smallest absolute Gasteiger partial charge is 0.407 e. The summed E-state index contributed by atoms with van der Waals surface area (Å²) in [5.74, 6) is 2.08. The Morgan fingerprint density at radius 3 is 1.56 bits per heavy atom. The van der Waals surface area contributed by atoms with Crippen molar-refractivity contribution in [2.75, 3.05) is 13.1 Å². The number of alkyl carbamates (subject to hydrolysis) is 1. The van der Waals surface area contributed by atoms with E-state index in [1.807, 2.05) is 83.1 Å². The zero-order chi connectivity index (χ0) is 35.0. The number of amides is 2. The largest absolute Gasteiger partial charge is 0.444 e. The summed E-state index contributed by atoms with van der Waals surface area (Å²) in [5, 5.41) is 7.03. The van der Waals surface area contributed by atoms with E-state index >= 15 is 0 Å². The minimum atomic E-state index is -0.486. The Bertz CT molecular complexity index is 1500. The Kier molecular flexibility index (Phi) is 21.2. The van der Waals surface area contributed by atoms with Gasteiger partial charge in [-0.05, 0) is 75.2 Å². The lowest BCUT2D eigenvalue weighted by Gasteiger charge is -2.19. The van der Waals surface area contributed by atoms with Gasteiger partial charge in [-0.3, -0.25) is 4.79 Å². The number of carbonyl (C=O) groups excluding carboxylic acids is 2. The standard InChI is InChI=1S/C16H20ClN3O2.C16H20ClN3O.CHI3.CH4/c1-16(2,3)22-15(21)18-9-8-13-10-19-14(20-13)11-4-6-12(17)7-5-11;1-11(2)9-15(21)18-8-7-14-10-19-16(20-14)12-3-5-13(17)6-4-12;2-1(3)4;/h4-7,10H,8-9H2,1-3H3,(H,18,21)(H,19,20);3-6,10-11H,7-9H2,1-2H3,(H,18,21)(H,19,20);1H;1H4. The number of halogens is 5. The predicted octanol–water partition coefficient (Wildman–Crippen LogP) is 10.4. The van der Waals surface area contributed by atoms with Crippen molar-refractivity contribution in [2.45, 2.75) is 66.8 Å². The van der Waals surface area contributed by atoms with Gasteiger partial charge in [0, 0.05) is 77.3 Å². The van der Waals surface area contributed by atoms with Crippen LogP contribution in [0.15, 0.2) is 60.9 Å². The van der Waals surface area contributed by atoms with E-state index in [-0.39, 0.29) is 13.3 Å². The maximum atomic E-state index is 11.6. The number of nitrogens with one attached hydrogen (secondary N) is 4. The topological polar surface area (TPSA) is 125 Å². The summed E-state index contributed by atoms with van der Waals surface area (Å²) in [4.78, 5) is 38.3. The Morgan fingerprint density at radius 1 is 0.792 bits per heavy atom. The summed E-state index contributed by atoms with van der Waals surface area (Å²) in [5.41, 5.74) is 3.43. The average Bonchev–Trinajstić information content (AvgIpc) is 3.63. The van der Waals surface area contributed by atoms with Crippen LogP contribution in [0.3, 0.4) is 0 Å². The SMILES string of the molecule is C.CC(C)(C)OC(=O)NCCc1cnc(-c2ccc(Cl)cc2)[nH]1.CC(C)CC(=O)NCCc1cnc(-c2ccc(Cl)cc2)[nH]1.IC(I)I. The summed E-state index contributed by atoms with van der Waals surface area (Å²) in [7, 11) is 0. The number of aromatic amines is 2. The second-order valence-corrected chi connectivity index (χ2v) is 23.4. The third-order valence-corrected chi connectivity index (χ3v) is 6.37. The van der Waals surface area contributed by atoms with Gasteiger partial charge in [0.2, 0.25) is 5.91 Å². The zero-order valence-electron chi connectivity index (χ0n) is 27.0. The number of aromatic nitrogens is 4. The van der Waals surface area contributed by atoms with Crippen LogP contribution in [0.4, 0.5) is 4.79 Å². The summed E-state index contributed by atoms with van der Waals surface area (Å²) >= 11 is 18.7. The van der Waals surface area contributed by atoms with Gasteiger partial charge in [-0.2, -0.15) is 0 Å². The molecule has 0 spiro atoms. The molecule has 0 unspecified atom stereocenters. The molecular weight excluding hydrogens is 992 g/mol. The van der Waals surface area contributed by atoms with Crippen molar-refractivity contribution in [2.24, 2.45) is 5.92 Å². The molecule has 4 rings (SSSR count). The first-order valence-corrected chi connectivity index (χ1v) is 19.4. The number of alkyl halides is 3. The number of carbonyl (C=O) groups is 2. The van der Waals surface area contributed by atoms with Crippen LogP contribution >= 0.6 is 91.0 Å². The second kappa shape index (κ2) is 23.0. The molecule has 0 aliphatic carbocycles. The number of rotatable bonds is 10. The average molecular weight is 1040 g/mol. The number of nitrogens with zero attached hydrogens (tertiary/aromatic N) is 2. The molecule has 0 bridgehead atoms. The van der Waals surface area contributed by atoms with Crippen molar-refractivity contribution in [1.29, 1.82) is 0 Å². The number of hydrogen-bond donors (Lipinski definition) is 4. The number of imidazole rings is 2. The fourth-order valence-corrected chi connectivity index (χ4v) is 4.13. The number of H-pyrrole nitrogens is 2. The first-order valence-electron chi connectivity index (χ1n) is 14.9.